The lowest BCUT2D eigenvalue weighted by Gasteiger charge is -2.29. The molecule has 2 heterocycles. The van der Waals surface area contributed by atoms with Crippen molar-refractivity contribution in [2.24, 2.45) is 0 Å². The number of aliphatic hydroxyl groups is 1. The average Bonchev–Trinajstić information content (AvgIpc) is 3.07. The smallest absolute Gasteiger partial charge is 0.330 e. The number of nitrogens with one attached hydrogen (secondary N) is 1. The van der Waals surface area contributed by atoms with E-state index in [4.69, 9.17) is 13.1 Å². The first-order valence-corrected chi connectivity index (χ1v) is 14.2. The van der Waals surface area contributed by atoms with Crippen LogP contribution < -0.4 is 11.2 Å². The van der Waals surface area contributed by atoms with Gasteiger partial charge in [0.15, 0.2) is 6.23 Å². The second kappa shape index (κ2) is 10.2. The van der Waals surface area contributed by atoms with Crippen molar-refractivity contribution in [1.82, 2.24) is 9.55 Å². The molecule has 0 bridgehead atoms. The fraction of sp³-hybridized carbons (Fsp3) is 0.333. The number of H-pyrrole nitrogens is 1. The molecule has 4 rings (SSSR count). The molecule has 3 aromatic rings. The van der Waals surface area contributed by atoms with E-state index < -0.39 is 62.1 Å². The van der Waals surface area contributed by atoms with E-state index in [0.717, 1.165) is 28.0 Å². The molecule has 1 unspecified atom stereocenters. The maximum Gasteiger partial charge on any atom is 0.330 e. The van der Waals surface area contributed by atoms with E-state index in [0.29, 0.717) is 0 Å². The number of ether oxygens (including phenoxy) is 1. The maximum absolute atomic E-state index is 13.1. The van der Waals surface area contributed by atoms with Gasteiger partial charge in [0.2, 0.25) is 0 Å². The maximum atomic E-state index is 13.1. The molecule has 14 heteroatoms. The van der Waals surface area contributed by atoms with Gasteiger partial charge in [-0.1, -0.05) is 35.4 Å². The van der Waals surface area contributed by atoms with Gasteiger partial charge in [-0.25, -0.2) is 4.79 Å². The molecule has 2 aromatic carbocycles. The van der Waals surface area contributed by atoms with Gasteiger partial charge >= 0.3 is 5.69 Å². The Morgan fingerprint density at radius 3 is 1.97 bits per heavy atom. The normalized spacial score (nSPS) is 23.9. The SMILES string of the molecule is Cc1ccc(S(=O)(=O)OC[C@H]2OC(n3ccc(=O)[nH]c3=O)[C@@](C)(O)[C@@H]2OS(=O)(=O)c2ccc(C)cc2)cc1. The summed E-state index contributed by atoms with van der Waals surface area (Å²) in [5, 5.41) is 11.4. The lowest BCUT2D eigenvalue weighted by molar-refractivity contribution is -0.0953. The molecule has 204 valence electrons. The number of rotatable bonds is 8. The molecular formula is C24H26N2O10S2. The van der Waals surface area contributed by atoms with E-state index in [1.807, 2.05) is 4.98 Å². The molecular weight excluding hydrogens is 540 g/mol. The van der Waals surface area contributed by atoms with Crippen LogP contribution in [0.1, 0.15) is 24.3 Å². The molecule has 2 N–H and O–H groups in total. The van der Waals surface area contributed by atoms with E-state index >= 15 is 0 Å². The third kappa shape index (κ3) is 5.65. The largest absolute Gasteiger partial charge is 0.383 e. The van der Waals surface area contributed by atoms with Gasteiger partial charge < -0.3 is 9.84 Å². The van der Waals surface area contributed by atoms with Gasteiger partial charge in [0.05, 0.1) is 16.4 Å². The van der Waals surface area contributed by atoms with E-state index in [9.17, 15) is 31.5 Å². The standard InChI is InChI=1S/C24H26N2O10S2/c1-15-4-8-17(9-5-15)37(30,31)34-14-19-21(36-38(32,33)18-10-6-16(2)7-11-18)24(3,29)22(35-19)26-13-12-20(27)25-23(26)28/h4-13,19,21-22,29H,14H2,1-3H3,(H,25,27,28)/t19-,21-,22?,24+/m1/s1. The number of aromatic nitrogens is 2. The number of hydrogen-bond acceptors (Lipinski definition) is 10. The summed E-state index contributed by atoms with van der Waals surface area (Å²) >= 11 is 0. The van der Waals surface area contributed by atoms with Crippen molar-refractivity contribution >= 4 is 20.2 Å². The van der Waals surface area contributed by atoms with Crippen molar-refractivity contribution in [3.8, 4) is 0 Å². The molecule has 38 heavy (non-hydrogen) atoms. The zero-order valence-electron chi connectivity index (χ0n) is 20.6. The van der Waals surface area contributed by atoms with Gasteiger partial charge in [0.1, 0.15) is 17.8 Å². The summed E-state index contributed by atoms with van der Waals surface area (Å²) in [6.07, 6.45) is -3.71. The van der Waals surface area contributed by atoms with Crippen molar-refractivity contribution in [3.05, 3.63) is 92.8 Å². The fourth-order valence-electron chi connectivity index (χ4n) is 3.96. The van der Waals surface area contributed by atoms with E-state index in [1.54, 1.807) is 38.1 Å². The van der Waals surface area contributed by atoms with Gasteiger partial charge in [0, 0.05) is 12.3 Å². The Bertz CT molecular complexity index is 1640. The molecule has 1 saturated heterocycles. The Kier molecular flexibility index (Phi) is 7.49. The van der Waals surface area contributed by atoms with E-state index in [1.165, 1.54) is 31.2 Å². The van der Waals surface area contributed by atoms with Crippen LogP contribution in [0.5, 0.6) is 0 Å². The minimum Gasteiger partial charge on any atom is -0.383 e. The predicted molar refractivity (Wildman–Crippen MR) is 133 cm³/mol. The molecule has 0 spiro atoms. The number of aromatic amines is 1. The summed E-state index contributed by atoms with van der Waals surface area (Å²) in [6.45, 7) is 3.95. The van der Waals surface area contributed by atoms with Crippen LogP contribution in [-0.2, 0) is 33.3 Å². The first-order chi connectivity index (χ1) is 17.7. The van der Waals surface area contributed by atoms with Crippen LogP contribution in [0.3, 0.4) is 0 Å². The van der Waals surface area contributed by atoms with Crippen molar-refractivity contribution in [1.29, 1.82) is 0 Å². The summed E-state index contributed by atoms with van der Waals surface area (Å²) in [5.41, 5.74) is -2.24. The van der Waals surface area contributed by atoms with Crippen LogP contribution in [0, 0.1) is 13.8 Å². The number of benzene rings is 2. The van der Waals surface area contributed by atoms with Gasteiger partial charge in [-0.2, -0.15) is 16.8 Å². The highest BCUT2D eigenvalue weighted by Gasteiger charge is 2.57. The molecule has 0 radical (unpaired) electrons. The Hall–Kier alpha value is -3.14. The van der Waals surface area contributed by atoms with Gasteiger partial charge in [-0.05, 0) is 45.0 Å². The summed E-state index contributed by atoms with van der Waals surface area (Å²) in [7, 11) is -8.79. The van der Waals surface area contributed by atoms with Crippen LogP contribution >= 0.6 is 0 Å². The van der Waals surface area contributed by atoms with Crippen LogP contribution in [0.4, 0.5) is 0 Å². The van der Waals surface area contributed by atoms with Crippen LogP contribution in [0.15, 0.2) is 80.2 Å². The molecule has 1 aliphatic heterocycles. The second-order valence-electron chi connectivity index (χ2n) is 9.11. The first kappa shape index (κ1) is 27.9. The molecule has 0 aliphatic carbocycles. The highest BCUT2D eigenvalue weighted by Crippen LogP contribution is 2.41. The zero-order valence-corrected chi connectivity index (χ0v) is 22.2. The molecule has 0 amide bonds. The molecule has 12 nitrogen and oxygen atoms in total. The minimum absolute atomic E-state index is 0.147. The zero-order chi connectivity index (χ0) is 27.9. The van der Waals surface area contributed by atoms with E-state index in [2.05, 4.69) is 0 Å². The molecule has 4 atom stereocenters. The quantitative estimate of drug-likeness (QED) is 0.375. The highest BCUT2D eigenvalue weighted by atomic mass is 32.2. The topological polar surface area (TPSA) is 171 Å². The molecule has 1 fully saturated rings. The van der Waals surface area contributed by atoms with Crippen LogP contribution in [0.25, 0.3) is 0 Å². The van der Waals surface area contributed by atoms with Crippen LogP contribution in [0.2, 0.25) is 0 Å². The molecule has 1 aromatic heterocycles. The fourth-order valence-corrected chi connectivity index (χ4v) is 6.05. The monoisotopic (exact) mass is 566 g/mol. The third-order valence-electron chi connectivity index (χ3n) is 6.06. The van der Waals surface area contributed by atoms with Crippen molar-refractivity contribution in [3.63, 3.8) is 0 Å². The Morgan fingerprint density at radius 2 is 1.45 bits per heavy atom. The summed E-state index contributed by atoms with van der Waals surface area (Å²) < 4.78 is 68.8. The summed E-state index contributed by atoms with van der Waals surface area (Å²) in [4.78, 5) is 25.6. The Balaban J connectivity index is 1.69. The second-order valence-corrected chi connectivity index (χ2v) is 12.3. The summed E-state index contributed by atoms with van der Waals surface area (Å²) in [5.74, 6) is 0. The van der Waals surface area contributed by atoms with E-state index in [-0.39, 0.29) is 9.79 Å². The Morgan fingerprint density at radius 1 is 0.921 bits per heavy atom. The average molecular weight is 567 g/mol. The Labute approximate surface area is 218 Å². The predicted octanol–water partition coefficient (Wildman–Crippen LogP) is 0.981. The number of aryl methyl sites for hydroxylation is 2. The van der Waals surface area contributed by atoms with Gasteiger partial charge in [-0.3, -0.25) is 22.7 Å². The number of hydrogen-bond donors (Lipinski definition) is 2. The van der Waals surface area contributed by atoms with Crippen LogP contribution in [-0.4, -0.2) is 55.9 Å². The lowest BCUT2D eigenvalue weighted by atomic mass is 9.96. The lowest BCUT2D eigenvalue weighted by Crippen LogP contribution is -2.49. The van der Waals surface area contributed by atoms with Crippen molar-refractivity contribution in [2.75, 3.05) is 6.61 Å². The van der Waals surface area contributed by atoms with Crippen molar-refractivity contribution in [2.45, 2.75) is 54.6 Å². The number of nitrogens with zero attached hydrogens (tertiary/aromatic N) is 1. The molecule has 0 saturated carbocycles. The third-order valence-corrected chi connectivity index (χ3v) is 8.66. The minimum atomic E-state index is -4.49. The first-order valence-electron chi connectivity index (χ1n) is 11.4. The molecule has 1 aliphatic rings. The van der Waals surface area contributed by atoms with Gasteiger partial charge in [-0.15, -0.1) is 0 Å². The highest BCUT2D eigenvalue weighted by molar-refractivity contribution is 7.87. The summed E-state index contributed by atoms with van der Waals surface area (Å²) in [6, 6.07) is 12.6. The van der Waals surface area contributed by atoms with Crippen molar-refractivity contribution < 1.29 is 35.0 Å². The van der Waals surface area contributed by atoms with Gasteiger partial charge in [0.25, 0.3) is 25.8 Å².